The zero-order chi connectivity index (χ0) is 8.55. The largest absolute Gasteiger partial charge is 0.508 e. The summed E-state index contributed by atoms with van der Waals surface area (Å²) in [6.07, 6.45) is 1.72. The Labute approximate surface area is 78.0 Å². The molecule has 0 aliphatic rings. The SMILES string of the molecule is Oc1ccc2cc(Br)ncc2c1. The Morgan fingerprint density at radius 3 is 2.83 bits per heavy atom. The summed E-state index contributed by atoms with van der Waals surface area (Å²) in [5.74, 6) is 0.270. The number of aromatic hydroxyl groups is 1. The van der Waals surface area contributed by atoms with E-state index in [1.165, 1.54) is 0 Å². The number of hydrogen-bond acceptors (Lipinski definition) is 2. The number of rotatable bonds is 0. The molecule has 2 nitrogen and oxygen atoms in total. The van der Waals surface area contributed by atoms with Gasteiger partial charge in [-0.3, -0.25) is 0 Å². The maximum absolute atomic E-state index is 9.16. The van der Waals surface area contributed by atoms with Crippen molar-refractivity contribution in [3.05, 3.63) is 35.1 Å². The van der Waals surface area contributed by atoms with Crippen LogP contribution in [0.15, 0.2) is 35.1 Å². The van der Waals surface area contributed by atoms with Crippen LogP contribution in [0.1, 0.15) is 0 Å². The number of halogens is 1. The van der Waals surface area contributed by atoms with E-state index >= 15 is 0 Å². The van der Waals surface area contributed by atoms with Crippen molar-refractivity contribution in [1.82, 2.24) is 4.98 Å². The molecule has 0 saturated carbocycles. The number of benzene rings is 1. The summed E-state index contributed by atoms with van der Waals surface area (Å²) in [4.78, 5) is 4.05. The molecule has 0 amide bonds. The topological polar surface area (TPSA) is 33.1 Å². The minimum Gasteiger partial charge on any atom is -0.508 e. The van der Waals surface area contributed by atoms with Crippen molar-refractivity contribution in [2.24, 2.45) is 0 Å². The van der Waals surface area contributed by atoms with Crippen molar-refractivity contribution in [3.8, 4) is 5.75 Å². The molecule has 0 spiro atoms. The van der Waals surface area contributed by atoms with Crippen molar-refractivity contribution >= 4 is 26.7 Å². The van der Waals surface area contributed by atoms with E-state index in [1.807, 2.05) is 12.1 Å². The minimum atomic E-state index is 0.270. The molecule has 1 aromatic heterocycles. The quantitative estimate of drug-likeness (QED) is 0.698. The van der Waals surface area contributed by atoms with Gasteiger partial charge in [0.2, 0.25) is 0 Å². The molecule has 12 heavy (non-hydrogen) atoms. The zero-order valence-corrected chi connectivity index (χ0v) is 7.75. The first-order valence-corrected chi connectivity index (χ1v) is 4.29. The van der Waals surface area contributed by atoms with Crippen molar-refractivity contribution in [1.29, 1.82) is 0 Å². The van der Waals surface area contributed by atoms with Gasteiger partial charge in [0.25, 0.3) is 0 Å². The molecular formula is C9H6BrNO. The molecule has 0 saturated heterocycles. The van der Waals surface area contributed by atoms with Gasteiger partial charge in [0.15, 0.2) is 0 Å². The zero-order valence-electron chi connectivity index (χ0n) is 6.16. The summed E-state index contributed by atoms with van der Waals surface area (Å²) < 4.78 is 0.806. The Bertz CT molecular complexity index is 387. The Hall–Kier alpha value is -1.09. The number of fused-ring (bicyclic) bond motifs is 1. The second-order valence-corrected chi connectivity index (χ2v) is 3.35. The van der Waals surface area contributed by atoms with Crippen LogP contribution in [0.2, 0.25) is 0 Å². The highest BCUT2D eigenvalue weighted by molar-refractivity contribution is 9.10. The summed E-state index contributed by atoms with van der Waals surface area (Å²) in [6.45, 7) is 0. The average molecular weight is 224 g/mol. The van der Waals surface area contributed by atoms with E-state index in [9.17, 15) is 0 Å². The van der Waals surface area contributed by atoms with Crippen LogP contribution in [-0.4, -0.2) is 10.1 Å². The van der Waals surface area contributed by atoms with Crippen molar-refractivity contribution in [2.45, 2.75) is 0 Å². The van der Waals surface area contributed by atoms with E-state index in [1.54, 1.807) is 18.3 Å². The van der Waals surface area contributed by atoms with E-state index in [2.05, 4.69) is 20.9 Å². The van der Waals surface area contributed by atoms with Gasteiger partial charge in [-0.15, -0.1) is 0 Å². The fourth-order valence-electron chi connectivity index (χ4n) is 1.10. The predicted molar refractivity (Wildman–Crippen MR) is 51.1 cm³/mol. The van der Waals surface area contributed by atoms with Gasteiger partial charge in [0, 0.05) is 11.6 Å². The highest BCUT2D eigenvalue weighted by Crippen LogP contribution is 2.21. The third-order valence-electron chi connectivity index (χ3n) is 1.67. The van der Waals surface area contributed by atoms with E-state index in [0.29, 0.717) is 0 Å². The molecule has 0 aliphatic heterocycles. The molecule has 0 aliphatic carbocycles. The average Bonchev–Trinajstić information content (AvgIpc) is 2.05. The van der Waals surface area contributed by atoms with Gasteiger partial charge >= 0.3 is 0 Å². The van der Waals surface area contributed by atoms with Gasteiger partial charge in [-0.25, -0.2) is 4.98 Å². The second-order valence-electron chi connectivity index (χ2n) is 2.54. The van der Waals surface area contributed by atoms with E-state index in [-0.39, 0.29) is 5.75 Å². The third-order valence-corrected chi connectivity index (χ3v) is 2.11. The number of pyridine rings is 1. The molecular weight excluding hydrogens is 218 g/mol. The molecule has 0 atom stereocenters. The number of phenolic OH excluding ortho intramolecular Hbond substituents is 1. The van der Waals surface area contributed by atoms with Gasteiger partial charge in [0.1, 0.15) is 10.4 Å². The Balaban J connectivity index is 2.79. The van der Waals surface area contributed by atoms with Crippen LogP contribution >= 0.6 is 15.9 Å². The molecule has 60 valence electrons. The Kier molecular flexibility index (Phi) is 1.73. The van der Waals surface area contributed by atoms with Crippen LogP contribution in [0.5, 0.6) is 5.75 Å². The van der Waals surface area contributed by atoms with Gasteiger partial charge in [-0.2, -0.15) is 0 Å². The smallest absolute Gasteiger partial charge is 0.116 e. The molecule has 3 heteroatoms. The lowest BCUT2D eigenvalue weighted by molar-refractivity contribution is 0.476. The minimum absolute atomic E-state index is 0.270. The Morgan fingerprint density at radius 2 is 2.00 bits per heavy atom. The lowest BCUT2D eigenvalue weighted by Gasteiger charge is -1.97. The van der Waals surface area contributed by atoms with Gasteiger partial charge < -0.3 is 5.11 Å². The second kappa shape index (κ2) is 2.75. The first-order valence-electron chi connectivity index (χ1n) is 3.50. The standard InChI is InChI=1S/C9H6BrNO/c10-9-4-6-1-2-8(12)3-7(6)5-11-9/h1-5,12H. The summed E-state index contributed by atoms with van der Waals surface area (Å²) in [5.41, 5.74) is 0. The highest BCUT2D eigenvalue weighted by atomic mass is 79.9. The number of aromatic nitrogens is 1. The van der Waals surface area contributed by atoms with Crippen molar-refractivity contribution in [3.63, 3.8) is 0 Å². The predicted octanol–water partition coefficient (Wildman–Crippen LogP) is 2.70. The van der Waals surface area contributed by atoms with Gasteiger partial charge in [0.05, 0.1) is 0 Å². The molecule has 1 N–H and O–H groups in total. The molecule has 0 unspecified atom stereocenters. The van der Waals surface area contributed by atoms with Crippen molar-refractivity contribution in [2.75, 3.05) is 0 Å². The molecule has 1 heterocycles. The van der Waals surface area contributed by atoms with Gasteiger partial charge in [-0.05, 0) is 39.5 Å². The molecule has 1 aromatic carbocycles. The van der Waals surface area contributed by atoms with E-state index in [0.717, 1.165) is 15.4 Å². The van der Waals surface area contributed by atoms with Crippen LogP contribution in [0.4, 0.5) is 0 Å². The Morgan fingerprint density at radius 1 is 1.17 bits per heavy atom. The molecule has 0 bridgehead atoms. The lowest BCUT2D eigenvalue weighted by atomic mass is 10.2. The fourth-order valence-corrected chi connectivity index (χ4v) is 1.45. The van der Waals surface area contributed by atoms with Crippen molar-refractivity contribution < 1.29 is 5.11 Å². The summed E-state index contributed by atoms with van der Waals surface area (Å²) in [5, 5.41) is 11.2. The first kappa shape index (κ1) is 7.55. The number of nitrogens with zero attached hydrogens (tertiary/aromatic N) is 1. The van der Waals surface area contributed by atoms with Crippen LogP contribution in [0.25, 0.3) is 10.8 Å². The van der Waals surface area contributed by atoms with Crippen LogP contribution in [0, 0.1) is 0 Å². The monoisotopic (exact) mass is 223 g/mol. The molecule has 0 radical (unpaired) electrons. The molecule has 0 fully saturated rings. The van der Waals surface area contributed by atoms with E-state index < -0.39 is 0 Å². The number of hydrogen-bond donors (Lipinski definition) is 1. The normalized spacial score (nSPS) is 10.4. The summed E-state index contributed by atoms with van der Waals surface area (Å²) in [7, 11) is 0. The van der Waals surface area contributed by atoms with Crippen LogP contribution in [0.3, 0.4) is 0 Å². The maximum atomic E-state index is 9.16. The van der Waals surface area contributed by atoms with Crippen LogP contribution in [-0.2, 0) is 0 Å². The third kappa shape index (κ3) is 1.28. The summed E-state index contributed by atoms with van der Waals surface area (Å²) in [6, 6.07) is 7.12. The fraction of sp³-hybridized carbons (Fsp3) is 0. The van der Waals surface area contributed by atoms with Crippen LogP contribution < -0.4 is 0 Å². The summed E-state index contributed by atoms with van der Waals surface area (Å²) >= 11 is 3.28. The van der Waals surface area contributed by atoms with E-state index in [4.69, 9.17) is 5.11 Å². The molecule has 2 rings (SSSR count). The highest BCUT2D eigenvalue weighted by Gasteiger charge is 1.95. The lowest BCUT2D eigenvalue weighted by Crippen LogP contribution is -1.76. The number of phenols is 1. The first-order chi connectivity index (χ1) is 5.75. The van der Waals surface area contributed by atoms with Gasteiger partial charge in [-0.1, -0.05) is 6.07 Å². The molecule has 2 aromatic rings. The maximum Gasteiger partial charge on any atom is 0.116 e.